The fraction of sp³-hybridized carbons (Fsp3) is 0.143. The molecular weight excluding hydrogens is 146 g/mol. The van der Waals surface area contributed by atoms with Crippen LogP contribution in [0.3, 0.4) is 0 Å². The highest BCUT2D eigenvalue weighted by molar-refractivity contribution is 7.90. The summed E-state index contributed by atoms with van der Waals surface area (Å²) in [6, 6.07) is 1.77. The monoisotopic (exact) mass is 154 g/mol. The van der Waals surface area contributed by atoms with Gasteiger partial charge in [0.2, 0.25) is 0 Å². The number of hydrogen-bond donors (Lipinski definition) is 0. The molecule has 1 rings (SSSR count). The summed E-state index contributed by atoms with van der Waals surface area (Å²) in [4.78, 5) is 4.58. The molecule has 0 saturated carbocycles. The minimum atomic E-state index is -0.942. The van der Waals surface area contributed by atoms with Crippen LogP contribution in [0.1, 0.15) is 5.56 Å². The van der Waals surface area contributed by atoms with Gasteiger partial charge in [0.1, 0.15) is 6.26 Å². The maximum Gasteiger partial charge on any atom is 0.170 e. The molecule has 0 aliphatic carbocycles. The summed E-state index contributed by atoms with van der Waals surface area (Å²) in [5.74, 6) is 0. The minimum Gasteiger partial charge on any atom is -0.612 e. The quantitative estimate of drug-likeness (QED) is 0.566. The van der Waals surface area contributed by atoms with E-state index in [1.54, 1.807) is 24.7 Å². The number of nitrogens with zero attached hydrogens (tertiary/aromatic N) is 1. The summed E-state index contributed by atoms with van der Waals surface area (Å²) in [5.41, 5.74) is 0.799. The van der Waals surface area contributed by atoms with Gasteiger partial charge in [-0.1, -0.05) is 0 Å². The average molecular weight is 154 g/mol. The van der Waals surface area contributed by atoms with Crippen LogP contribution in [-0.2, 0) is 11.2 Å². The Morgan fingerprint density at radius 3 is 2.70 bits per heavy atom. The smallest absolute Gasteiger partial charge is 0.170 e. The van der Waals surface area contributed by atoms with Crippen LogP contribution in [0.2, 0.25) is 0 Å². The van der Waals surface area contributed by atoms with Gasteiger partial charge in [-0.3, -0.25) is 4.98 Å². The van der Waals surface area contributed by atoms with Gasteiger partial charge < -0.3 is 4.55 Å². The zero-order valence-electron chi connectivity index (χ0n) is 5.70. The topological polar surface area (TPSA) is 36.0 Å². The zero-order valence-corrected chi connectivity index (χ0v) is 6.52. The van der Waals surface area contributed by atoms with Crippen LogP contribution in [0.4, 0.5) is 0 Å². The fourth-order valence-electron chi connectivity index (χ4n) is 0.621. The Morgan fingerprint density at radius 2 is 2.30 bits per heavy atom. The van der Waals surface area contributed by atoms with E-state index in [1.165, 1.54) is 0 Å². The Hall–Kier alpha value is -0.540. The Kier molecular flexibility index (Phi) is 2.29. The highest BCUT2D eigenvalue weighted by atomic mass is 32.2. The van der Waals surface area contributed by atoms with E-state index in [1.807, 2.05) is 0 Å². The molecule has 0 saturated heterocycles. The number of pyridine rings is 1. The number of rotatable bonds is 1. The number of hydrogen-bond acceptors (Lipinski definition) is 2. The lowest BCUT2D eigenvalue weighted by atomic mass is 10.3. The molecule has 0 spiro atoms. The first-order chi connectivity index (χ1) is 4.70. The molecule has 0 aromatic carbocycles. The van der Waals surface area contributed by atoms with E-state index in [0.717, 1.165) is 10.5 Å². The molecule has 1 aromatic heterocycles. The lowest BCUT2D eigenvalue weighted by Gasteiger charge is -2.02. The molecule has 2 nitrogen and oxygen atoms in total. The Morgan fingerprint density at radius 1 is 1.60 bits per heavy atom. The van der Waals surface area contributed by atoms with Gasteiger partial charge >= 0.3 is 0 Å². The van der Waals surface area contributed by atoms with E-state index < -0.39 is 11.2 Å². The molecule has 0 fully saturated rings. The maximum atomic E-state index is 10.8. The normalized spacial score (nSPS) is 13.1. The Labute approximate surface area is 63.5 Å². The van der Waals surface area contributed by atoms with Crippen LogP contribution >= 0.6 is 0 Å². The molecule has 1 aromatic rings. The summed E-state index contributed by atoms with van der Waals surface area (Å²) < 4.78 is 10.8. The van der Waals surface area contributed by atoms with Crippen molar-refractivity contribution in [2.24, 2.45) is 0 Å². The molecule has 1 heterocycles. The second-order valence-electron chi connectivity index (χ2n) is 1.98. The molecule has 1 atom stereocenters. The SMILES string of the molecule is [CH2]c1cncc([S+](C)[O-])c1. The third-order valence-corrected chi connectivity index (χ3v) is 1.99. The molecule has 0 bridgehead atoms. The first-order valence-corrected chi connectivity index (χ1v) is 4.36. The summed E-state index contributed by atoms with van der Waals surface area (Å²) in [6.45, 7) is 3.67. The molecule has 53 valence electrons. The van der Waals surface area contributed by atoms with Crippen LogP contribution in [0, 0.1) is 6.92 Å². The lowest BCUT2D eigenvalue weighted by Crippen LogP contribution is -1.97. The lowest BCUT2D eigenvalue weighted by molar-refractivity contribution is 0.600. The summed E-state index contributed by atoms with van der Waals surface area (Å²) in [5, 5.41) is 0. The van der Waals surface area contributed by atoms with Crippen molar-refractivity contribution in [3.05, 3.63) is 30.9 Å². The molecule has 10 heavy (non-hydrogen) atoms. The highest BCUT2D eigenvalue weighted by Gasteiger charge is 2.02. The molecule has 0 N–H and O–H groups in total. The molecule has 0 aliphatic rings. The van der Waals surface area contributed by atoms with E-state index in [-0.39, 0.29) is 0 Å². The summed E-state index contributed by atoms with van der Waals surface area (Å²) in [7, 11) is 0. The van der Waals surface area contributed by atoms with Crippen molar-refractivity contribution < 1.29 is 4.55 Å². The third-order valence-electron chi connectivity index (χ3n) is 1.10. The van der Waals surface area contributed by atoms with Gasteiger partial charge in [0, 0.05) is 6.20 Å². The van der Waals surface area contributed by atoms with E-state index in [0.29, 0.717) is 0 Å². The second kappa shape index (κ2) is 3.03. The molecule has 3 heteroatoms. The van der Waals surface area contributed by atoms with E-state index in [2.05, 4.69) is 11.9 Å². The minimum absolute atomic E-state index is 0.729. The van der Waals surface area contributed by atoms with Gasteiger partial charge in [0.15, 0.2) is 4.90 Å². The summed E-state index contributed by atoms with van der Waals surface area (Å²) >= 11 is -0.942. The van der Waals surface area contributed by atoms with E-state index in [9.17, 15) is 4.55 Å². The predicted molar refractivity (Wildman–Crippen MR) is 41.0 cm³/mol. The van der Waals surface area contributed by atoms with Crippen LogP contribution in [-0.4, -0.2) is 15.8 Å². The van der Waals surface area contributed by atoms with Gasteiger partial charge in [0.25, 0.3) is 0 Å². The Balaban J connectivity index is 2.96. The molecule has 0 amide bonds. The average Bonchev–Trinajstić information content (AvgIpc) is 1.88. The first-order valence-electron chi connectivity index (χ1n) is 2.80. The first kappa shape index (κ1) is 7.57. The van der Waals surface area contributed by atoms with Gasteiger partial charge in [-0.15, -0.1) is 0 Å². The van der Waals surface area contributed by atoms with Crippen molar-refractivity contribution >= 4 is 11.2 Å². The van der Waals surface area contributed by atoms with Crippen LogP contribution in [0.25, 0.3) is 0 Å². The predicted octanol–water partition coefficient (Wildman–Crippen LogP) is 1.00. The summed E-state index contributed by atoms with van der Waals surface area (Å²) in [6.07, 6.45) is 4.84. The third kappa shape index (κ3) is 1.72. The van der Waals surface area contributed by atoms with E-state index >= 15 is 0 Å². The largest absolute Gasteiger partial charge is 0.612 e. The van der Waals surface area contributed by atoms with Crippen LogP contribution in [0.5, 0.6) is 0 Å². The molecule has 1 radical (unpaired) electrons. The van der Waals surface area contributed by atoms with Crippen molar-refractivity contribution in [1.82, 2.24) is 4.98 Å². The highest BCUT2D eigenvalue weighted by Crippen LogP contribution is 2.07. The Bertz CT molecular complexity index is 225. The van der Waals surface area contributed by atoms with Gasteiger partial charge in [-0.25, -0.2) is 0 Å². The van der Waals surface area contributed by atoms with E-state index in [4.69, 9.17) is 0 Å². The van der Waals surface area contributed by atoms with Crippen LogP contribution < -0.4 is 0 Å². The second-order valence-corrected chi connectivity index (χ2v) is 3.36. The van der Waals surface area contributed by atoms with Crippen LogP contribution in [0.15, 0.2) is 23.4 Å². The van der Waals surface area contributed by atoms with Crippen molar-refractivity contribution in [1.29, 1.82) is 0 Å². The van der Waals surface area contributed by atoms with Gasteiger partial charge in [0.05, 0.1) is 6.20 Å². The standard InChI is InChI=1S/C7H8NOS/c1-6-3-7(10(2)9)5-8-4-6/h3-5H,1H2,2H3. The van der Waals surface area contributed by atoms with Crippen molar-refractivity contribution in [3.8, 4) is 0 Å². The van der Waals surface area contributed by atoms with Crippen molar-refractivity contribution in [2.75, 3.05) is 6.26 Å². The van der Waals surface area contributed by atoms with Crippen molar-refractivity contribution in [2.45, 2.75) is 4.90 Å². The fourth-order valence-corrected chi connectivity index (χ4v) is 1.15. The van der Waals surface area contributed by atoms with Gasteiger partial charge in [-0.2, -0.15) is 0 Å². The van der Waals surface area contributed by atoms with Gasteiger partial charge in [-0.05, 0) is 29.7 Å². The maximum absolute atomic E-state index is 10.8. The van der Waals surface area contributed by atoms with Crippen molar-refractivity contribution in [3.63, 3.8) is 0 Å². The number of aromatic nitrogens is 1. The molecule has 1 unspecified atom stereocenters. The molecular formula is C7H8NOS. The zero-order chi connectivity index (χ0) is 7.56. The molecule has 0 aliphatic heterocycles.